The number of H-pyrrole nitrogens is 1. The molecular formula is C19H19N3O3. The minimum atomic E-state index is -0.445. The molecule has 1 aliphatic carbocycles. The van der Waals surface area contributed by atoms with Gasteiger partial charge in [0, 0.05) is 34.8 Å². The summed E-state index contributed by atoms with van der Waals surface area (Å²) in [5.74, 6) is 0.341. The molecule has 4 rings (SSSR count). The van der Waals surface area contributed by atoms with Crippen molar-refractivity contribution in [3.8, 4) is 0 Å². The van der Waals surface area contributed by atoms with Crippen molar-refractivity contribution in [3.63, 3.8) is 0 Å². The zero-order valence-corrected chi connectivity index (χ0v) is 14.0. The molecule has 0 radical (unpaired) electrons. The van der Waals surface area contributed by atoms with Gasteiger partial charge in [0.15, 0.2) is 0 Å². The van der Waals surface area contributed by atoms with Crippen molar-refractivity contribution in [1.29, 1.82) is 0 Å². The van der Waals surface area contributed by atoms with E-state index < -0.39 is 4.92 Å². The second-order valence-corrected chi connectivity index (χ2v) is 6.66. The first-order valence-electron chi connectivity index (χ1n) is 8.60. The van der Waals surface area contributed by atoms with Crippen molar-refractivity contribution in [3.05, 3.63) is 56.9 Å². The molecule has 128 valence electrons. The molecule has 1 unspecified atom stereocenters. The monoisotopic (exact) mass is 337 g/mol. The minimum absolute atomic E-state index is 0.0158. The molecule has 2 N–H and O–H groups in total. The van der Waals surface area contributed by atoms with E-state index in [0.29, 0.717) is 22.7 Å². The number of carbonyl (C=O) groups is 1. The number of aryl methyl sites for hydroxylation is 1. The Morgan fingerprint density at radius 3 is 2.96 bits per heavy atom. The fourth-order valence-electron chi connectivity index (χ4n) is 3.88. The van der Waals surface area contributed by atoms with E-state index in [1.165, 1.54) is 36.2 Å². The number of non-ortho nitro benzene ring substituents is 1. The summed E-state index contributed by atoms with van der Waals surface area (Å²) in [5, 5.41) is 13.8. The number of nitro benzene ring substituents is 1. The third-order valence-electron chi connectivity index (χ3n) is 5.16. The highest BCUT2D eigenvalue weighted by molar-refractivity contribution is 6.35. The first kappa shape index (κ1) is 15.6. The van der Waals surface area contributed by atoms with Crippen molar-refractivity contribution in [2.75, 3.05) is 5.32 Å². The number of nitrogens with one attached hydrogen (secondary N) is 2. The smallest absolute Gasteiger partial charge is 0.270 e. The van der Waals surface area contributed by atoms with Crippen LogP contribution in [0, 0.1) is 10.1 Å². The van der Waals surface area contributed by atoms with Gasteiger partial charge in [0.05, 0.1) is 10.5 Å². The Morgan fingerprint density at radius 1 is 1.36 bits per heavy atom. The number of hydrogen-bond donors (Lipinski definition) is 2. The normalized spacial score (nSPS) is 20.3. The van der Waals surface area contributed by atoms with Gasteiger partial charge in [0.25, 0.3) is 11.6 Å². The van der Waals surface area contributed by atoms with E-state index in [9.17, 15) is 14.9 Å². The van der Waals surface area contributed by atoms with Crippen LogP contribution < -0.4 is 5.32 Å². The van der Waals surface area contributed by atoms with Gasteiger partial charge in [0.1, 0.15) is 0 Å². The molecule has 0 saturated carbocycles. The molecule has 0 saturated heterocycles. The number of anilines is 1. The van der Waals surface area contributed by atoms with Gasteiger partial charge in [-0.1, -0.05) is 6.92 Å². The van der Waals surface area contributed by atoms with E-state index in [2.05, 4.69) is 23.3 Å². The Hall–Kier alpha value is -2.89. The van der Waals surface area contributed by atoms with Gasteiger partial charge < -0.3 is 10.3 Å². The fraction of sp³-hybridized carbons (Fsp3) is 0.316. The van der Waals surface area contributed by atoms with Gasteiger partial charge in [0.2, 0.25) is 0 Å². The van der Waals surface area contributed by atoms with Crippen LogP contribution in [0.2, 0.25) is 0 Å². The number of nitro groups is 1. The number of nitrogens with zero attached hydrogens (tertiary/aromatic N) is 1. The van der Waals surface area contributed by atoms with Crippen LogP contribution in [0.5, 0.6) is 0 Å². The number of hydrogen-bond acceptors (Lipinski definition) is 3. The lowest BCUT2D eigenvalue weighted by atomic mass is 9.85. The molecule has 1 atom stereocenters. The molecule has 1 aromatic carbocycles. The van der Waals surface area contributed by atoms with E-state index in [0.717, 1.165) is 18.5 Å². The molecule has 6 heteroatoms. The average Bonchev–Trinajstić information content (AvgIpc) is 3.15. The summed E-state index contributed by atoms with van der Waals surface area (Å²) in [6.07, 6.45) is 6.32. The van der Waals surface area contributed by atoms with Crippen molar-refractivity contribution in [2.45, 2.75) is 38.5 Å². The quantitative estimate of drug-likeness (QED) is 0.499. The maximum Gasteiger partial charge on any atom is 0.270 e. The minimum Gasteiger partial charge on any atom is -0.359 e. The Labute approximate surface area is 145 Å². The molecule has 0 fully saturated rings. The Morgan fingerprint density at radius 2 is 2.20 bits per heavy atom. The average molecular weight is 337 g/mol. The van der Waals surface area contributed by atoms with Gasteiger partial charge in [-0.05, 0) is 55.4 Å². The number of rotatable bonds is 3. The fourth-order valence-corrected chi connectivity index (χ4v) is 3.88. The molecule has 0 spiro atoms. The summed E-state index contributed by atoms with van der Waals surface area (Å²) in [5.41, 5.74) is 5.13. The number of aromatic nitrogens is 1. The van der Waals surface area contributed by atoms with E-state index in [4.69, 9.17) is 0 Å². The molecular weight excluding hydrogens is 318 g/mol. The zero-order chi connectivity index (χ0) is 17.6. The van der Waals surface area contributed by atoms with Crippen LogP contribution in [0.1, 0.15) is 54.6 Å². The Balaban J connectivity index is 1.76. The Kier molecular flexibility index (Phi) is 3.67. The molecule has 1 aromatic heterocycles. The van der Waals surface area contributed by atoms with Gasteiger partial charge in [-0.15, -0.1) is 0 Å². The summed E-state index contributed by atoms with van der Waals surface area (Å²) in [4.78, 5) is 26.3. The maximum absolute atomic E-state index is 12.3. The highest BCUT2D eigenvalue weighted by Gasteiger charge is 2.27. The lowest BCUT2D eigenvalue weighted by Gasteiger charge is -2.20. The summed E-state index contributed by atoms with van der Waals surface area (Å²) >= 11 is 0. The van der Waals surface area contributed by atoms with Crippen LogP contribution in [0.4, 0.5) is 11.4 Å². The first-order chi connectivity index (χ1) is 12.1. The zero-order valence-electron chi connectivity index (χ0n) is 14.0. The predicted octanol–water partition coefficient (Wildman–Crippen LogP) is 4.25. The van der Waals surface area contributed by atoms with Crippen molar-refractivity contribution >= 4 is 28.9 Å². The predicted molar refractivity (Wildman–Crippen MR) is 96.4 cm³/mol. The highest BCUT2D eigenvalue weighted by atomic mass is 16.6. The molecule has 0 bridgehead atoms. The lowest BCUT2D eigenvalue weighted by Crippen LogP contribution is -2.07. The third-order valence-corrected chi connectivity index (χ3v) is 5.16. The third kappa shape index (κ3) is 2.63. The number of fused-ring (bicyclic) bond motifs is 2. The van der Waals surface area contributed by atoms with E-state index in [1.807, 2.05) is 0 Å². The summed E-state index contributed by atoms with van der Waals surface area (Å²) in [6.45, 7) is 2.20. The van der Waals surface area contributed by atoms with Gasteiger partial charge in [-0.3, -0.25) is 14.9 Å². The van der Waals surface area contributed by atoms with Crippen molar-refractivity contribution in [1.82, 2.24) is 4.98 Å². The van der Waals surface area contributed by atoms with E-state index >= 15 is 0 Å². The standard InChI is InChI=1S/C19H19N3O3/c1-2-11-4-3-5-17-14(11)8-12(20-17)9-16-15-10-13(22(24)25)6-7-18(15)21-19(16)23/h6-11,20H,2-5H2,1H3,(H,21,23). The van der Waals surface area contributed by atoms with Crippen LogP contribution in [0.25, 0.3) is 11.6 Å². The van der Waals surface area contributed by atoms with Gasteiger partial charge >= 0.3 is 0 Å². The SMILES string of the molecule is CCC1CCCc2[nH]c(C=C3C(=O)Nc4ccc([N+](=O)[O-])cc43)cc21. The van der Waals surface area contributed by atoms with Crippen LogP contribution >= 0.6 is 0 Å². The molecule has 2 heterocycles. The number of carbonyl (C=O) groups excluding carboxylic acids is 1. The van der Waals surface area contributed by atoms with E-state index in [-0.39, 0.29) is 11.6 Å². The van der Waals surface area contributed by atoms with Crippen LogP contribution in [0.15, 0.2) is 24.3 Å². The van der Waals surface area contributed by atoms with Gasteiger partial charge in [-0.25, -0.2) is 0 Å². The molecule has 2 aliphatic rings. The molecule has 1 aliphatic heterocycles. The highest BCUT2D eigenvalue weighted by Crippen LogP contribution is 2.38. The van der Waals surface area contributed by atoms with E-state index in [1.54, 1.807) is 12.1 Å². The lowest BCUT2D eigenvalue weighted by molar-refractivity contribution is -0.384. The summed E-state index contributed by atoms with van der Waals surface area (Å²) in [7, 11) is 0. The van der Waals surface area contributed by atoms with Gasteiger partial charge in [-0.2, -0.15) is 0 Å². The number of benzene rings is 1. The van der Waals surface area contributed by atoms with Crippen LogP contribution in [-0.4, -0.2) is 15.8 Å². The Bertz CT molecular complexity index is 911. The van der Waals surface area contributed by atoms with Crippen LogP contribution in [-0.2, 0) is 11.2 Å². The number of amides is 1. The molecule has 25 heavy (non-hydrogen) atoms. The molecule has 6 nitrogen and oxygen atoms in total. The summed E-state index contributed by atoms with van der Waals surface area (Å²) < 4.78 is 0. The van der Waals surface area contributed by atoms with Crippen LogP contribution in [0.3, 0.4) is 0 Å². The maximum atomic E-state index is 12.3. The van der Waals surface area contributed by atoms with Crippen molar-refractivity contribution < 1.29 is 9.72 Å². The van der Waals surface area contributed by atoms with Crippen molar-refractivity contribution in [2.24, 2.45) is 0 Å². The largest absolute Gasteiger partial charge is 0.359 e. The second-order valence-electron chi connectivity index (χ2n) is 6.66. The molecule has 2 aromatic rings. The second kappa shape index (κ2) is 5.88. The number of aromatic amines is 1. The molecule has 1 amide bonds. The topological polar surface area (TPSA) is 88.0 Å². The first-order valence-corrected chi connectivity index (χ1v) is 8.60. The summed E-state index contributed by atoms with van der Waals surface area (Å²) in [6, 6.07) is 6.56.